The first-order valence-electron chi connectivity index (χ1n) is 4.10. The van der Waals surface area contributed by atoms with E-state index in [1.165, 1.54) is 6.07 Å². The molecule has 0 saturated carbocycles. The largest absolute Gasteiger partial charge is 0.461 e. The molecule has 0 saturated heterocycles. The highest BCUT2D eigenvalue weighted by Crippen LogP contribution is 2.01. The summed E-state index contributed by atoms with van der Waals surface area (Å²) in [5.41, 5.74) is 0.690. The molecule has 0 bridgehead atoms. The second-order valence-electron chi connectivity index (χ2n) is 2.55. The summed E-state index contributed by atoms with van der Waals surface area (Å²) < 4.78 is 4.74. The molecule has 0 aliphatic heterocycles. The molecule has 0 aromatic carbocycles. The first-order chi connectivity index (χ1) is 6.67. The predicted molar refractivity (Wildman–Crippen MR) is 47.4 cm³/mol. The van der Waals surface area contributed by atoms with Crippen molar-refractivity contribution < 1.29 is 9.53 Å². The van der Waals surface area contributed by atoms with Crippen LogP contribution in [0.25, 0.3) is 0 Å². The molecule has 5 nitrogen and oxygen atoms in total. The molecule has 0 spiro atoms. The molecule has 14 heavy (non-hydrogen) atoms. The highest BCUT2D eigenvalue weighted by Gasteiger charge is 2.10. The van der Waals surface area contributed by atoms with Crippen molar-refractivity contribution in [2.45, 2.75) is 13.8 Å². The van der Waals surface area contributed by atoms with Crippen molar-refractivity contribution in [2.75, 3.05) is 6.61 Å². The van der Waals surface area contributed by atoms with Crippen LogP contribution in [0.15, 0.2) is 6.07 Å². The molecule has 0 aliphatic carbocycles. The van der Waals surface area contributed by atoms with Crippen LogP contribution in [0.3, 0.4) is 0 Å². The fraction of sp³-hybridized carbons (Fsp3) is 0.333. The molecule has 0 radical (unpaired) electrons. The third kappa shape index (κ3) is 2.26. The van der Waals surface area contributed by atoms with E-state index in [0.29, 0.717) is 5.69 Å². The van der Waals surface area contributed by atoms with Gasteiger partial charge in [0.25, 0.3) is 0 Å². The van der Waals surface area contributed by atoms with Crippen LogP contribution in [0.5, 0.6) is 0 Å². The van der Waals surface area contributed by atoms with Gasteiger partial charge in [-0.1, -0.05) is 0 Å². The molecule has 0 aliphatic rings. The standard InChI is InChI=1S/C9H9N3O2/c1-3-14-9(13)7-4-6(2)11-8(5-10)12-7/h4H,3H2,1-2H3. The minimum Gasteiger partial charge on any atom is -0.461 e. The molecular weight excluding hydrogens is 182 g/mol. The Balaban J connectivity index is 3.04. The minimum absolute atomic E-state index is 0.0203. The number of aromatic nitrogens is 2. The Bertz CT molecular complexity index is 396. The maximum absolute atomic E-state index is 11.2. The Hall–Kier alpha value is -1.96. The molecule has 0 amide bonds. The lowest BCUT2D eigenvalue weighted by molar-refractivity contribution is 0.0519. The summed E-state index contributed by atoms with van der Waals surface area (Å²) in [6, 6.07) is 3.26. The Kier molecular flexibility index (Phi) is 3.13. The summed E-state index contributed by atoms with van der Waals surface area (Å²) >= 11 is 0. The summed E-state index contributed by atoms with van der Waals surface area (Å²) in [6.07, 6.45) is 0. The Labute approximate surface area is 81.4 Å². The van der Waals surface area contributed by atoms with E-state index < -0.39 is 5.97 Å². The van der Waals surface area contributed by atoms with Crippen molar-refractivity contribution in [3.8, 4) is 6.07 Å². The fourth-order valence-electron chi connectivity index (χ4n) is 0.928. The van der Waals surface area contributed by atoms with Gasteiger partial charge in [0.15, 0.2) is 5.69 Å². The van der Waals surface area contributed by atoms with Crippen LogP contribution in [-0.4, -0.2) is 22.5 Å². The van der Waals surface area contributed by atoms with E-state index in [9.17, 15) is 4.79 Å². The number of nitrogens with zero attached hydrogens (tertiary/aromatic N) is 3. The fourth-order valence-corrected chi connectivity index (χ4v) is 0.928. The van der Waals surface area contributed by atoms with Gasteiger partial charge in [0.2, 0.25) is 5.82 Å². The maximum Gasteiger partial charge on any atom is 0.357 e. The first kappa shape index (κ1) is 10.1. The second-order valence-corrected chi connectivity index (χ2v) is 2.55. The number of rotatable bonds is 2. The van der Waals surface area contributed by atoms with E-state index in [0.717, 1.165) is 0 Å². The van der Waals surface area contributed by atoms with Gasteiger partial charge in [-0.25, -0.2) is 14.8 Å². The molecule has 5 heteroatoms. The van der Waals surface area contributed by atoms with Gasteiger partial charge in [0.1, 0.15) is 6.07 Å². The monoisotopic (exact) mass is 191 g/mol. The zero-order valence-corrected chi connectivity index (χ0v) is 7.94. The number of nitriles is 1. The highest BCUT2D eigenvalue weighted by atomic mass is 16.5. The van der Waals surface area contributed by atoms with Crippen molar-refractivity contribution in [2.24, 2.45) is 0 Å². The molecule has 1 rings (SSSR count). The van der Waals surface area contributed by atoms with E-state index in [1.54, 1.807) is 19.9 Å². The van der Waals surface area contributed by atoms with Crippen LogP contribution in [0.1, 0.15) is 28.9 Å². The Morgan fingerprint density at radius 3 is 2.93 bits per heavy atom. The lowest BCUT2D eigenvalue weighted by Crippen LogP contribution is -2.09. The molecular formula is C9H9N3O2. The van der Waals surface area contributed by atoms with E-state index in [1.807, 2.05) is 0 Å². The zero-order valence-electron chi connectivity index (χ0n) is 7.94. The van der Waals surface area contributed by atoms with Gasteiger partial charge in [-0.05, 0) is 19.9 Å². The molecule has 1 heterocycles. The van der Waals surface area contributed by atoms with Gasteiger partial charge >= 0.3 is 5.97 Å². The van der Waals surface area contributed by atoms with E-state index in [-0.39, 0.29) is 18.1 Å². The van der Waals surface area contributed by atoms with Crippen LogP contribution < -0.4 is 0 Å². The maximum atomic E-state index is 11.2. The van der Waals surface area contributed by atoms with E-state index >= 15 is 0 Å². The topological polar surface area (TPSA) is 75.9 Å². The lowest BCUT2D eigenvalue weighted by atomic mass is 10.3. The average Bonchev–Trinajstić information content (AvgIpc) is 2.17. The Morgan fingerprint density at radius 2 is 2.36 bits per heavy atom. The van der Waals surface area contributed by atoms with Crippen molar-refractivity contribution in [3.05, 3.63) is 23.3 Å². The van der Waals surface area contributed by atoms with Crippen molar-refractivity contribution >= 4 is 5.97 Å². The third-order valence-corrected chi connectivity index (χ3v) is 1.44. The van der Waals surface area contributed by atoms with Crippen LogP contribution in [0.4, 0.5) is 0 Å². The molecule has 0 N–H and O–H groups in total. The summed E-state index contributed by atoms with van der Waals surface area (Å²) in [7, 11) is 0. The van der Waals surface area contributed by atoms with Crippen molar-refractivity contribution in [1.29, 1.82) is 5.26 Å². The second kappa shape index (κ2) is 4.33. The summed E-state index contributed by atoms with van der Waals surface area (Å²) in [5, 5.41) is 8.57. The van der Waals surface area contributed by atoms with Gasteiger partial charge < -0.3 is 4.74 Å². The van der Waals surface area contributed by atoms with Crippen LogP contribution in [0, 0.1) is 18.3 Å². The van der Waals surface area contributed by atoms with Crippen LogP contribution >= 0.6 is 0 Å². The van der Waals surface area contributed by atoms with Crippen molar-refractivity contribution in [1.82, 2.24) is 9.97 Å². The van der Waals surface area contributed by atoms with Gasteiger partial charge in [0, 0.05) is 5.69 Å². The number of carbonyl (C=O) groups excluding carboxylic acids is 1. The number of esters is 1. The number of aryl methyl sites for hydroxylation is 1. The lowest BCUT2D eigenvalue weighted by Gasteiger charge is -2.01. The summed E-state index contributed by atoms with van der Waals surface area (Å²) in [5.74, 6) is -0.553. The quantitative estimate of drug-likeness (QED) is 0.647. The normalized spacial score (nSPS) is 9.21. The van der Waals surface area contributed by atoms with Gasteiger partial charge in [-0.2, -0.15) is 5.26 Å². The molecule has 0 unspecified atom stereocenters. The van der Waals surface area contributed by atoms with Crippen LogP contribution in [-0.2, 0) is 4.74 Å². The summed E-state index contributed by atoms with van der Waals surface area (Å²) in [4.78, 5) is 18.8. The molecule has 1 aromatic heterocycles. The SMILES string of the molecule is CCOC(=O)c1cc(C)nc(C#N)n1. The van der Waals surface area contributed by atoms with Crippen LogP contribution in [0.2, 0.25) is 0 Å². The zero-order chi connectivity index (χ0) is 10.6. The first-order valence-corrected chi connectivity index (χ1v) is 4.10. The smallest absolute Gasteiger partial charge is 0.357 e. The molecule has 0 fully saturated rings. The third-order valence-electron chi connectivity index (χ3n) is 1.44. The Morgan fingerprint density at radius 1 is 1.64 bits per heavy atom. The van der Waals surface area contributed by atoms with Gasteiger partial charge in [0.05, 0.1) is 6.61 Å². The van der Waals surface area contributed by atoms with E-state index in [4.69, 9.17) is 10.00 Å². The molecule has 72 valence electrons. The van der Waals surface area contributed by atoms with Gasteiger partial charge in [-0.15, -0.1) is 0 Å². The minimum atomic E-state index is -0.533. The van der Waals surface area contributed by atoms with Gasteiger partial charge in [-0.3, -0.25) is 0 Å². The van der Waals surface area contributed by atoms with Crippen molar-refractivity contribution in [3.63, 3.8) is 0 Å². The number of hydrogen-bond acceptors (Lipinski definition) is 5. The highest BCUT2D eigenvalue weighted by molar-refractivity contribution is 5.87. The number of ether oxygens (including phenoxy) is 1. The summed E-state index contributed by atoms with van der Waals surface area (Å²) in [6.45, 7) is 3.67. The number of carbonyl (C=O) groups is 1. The van der Waals surface area contributed by atoms with E-state index in [2.05, 4.69) is 9.97 Å². The number of hydrogen-bond donors (Lipinski definition) is 0. The predicted octanol–water partition coefficient (Wildman–Crippen LogP) is 0.833. The average molecular weight is 191 g/mol. The molecule has 1 aromatic rings. The molecule has 0 atom stereocenters.